The van der Waals surface area contributed by atoms with Gasteiger partial charge >= 0.3 is 0 Å². The second-order valence-electron chi connectivity index (χ2n) is 26.5. The van der Waals surface area contributed by atoms with Crippen LogP contribution in [-0.2, 0) is 4.79 Å². The number of nitrogens with zero attached hydrogens (tertiary/aromatic N) is 2. The maximum absolute atomic E-state index is 14.0. The molecule has 12 rings (SSSR count). The number of Topliss-reactive ketones (excluding diaryl/α,β-unsaturated/α-hetero) is 1. The third-order valence-electron chi connectivity index (χ3n) is 23.8. The second-order valence-corrected chi connectivity index (χ2v) is 26.5. The maximum Gasteiger partial charge on any atom is 0.139 e. The summed E-state index contributed by atoms with van der Waals surface area (Å²) < 4.78 is 0. The highest BCUT2D eigenvalue weighted by molar-refractivity contribution is 5.83. The lowest BCUT2D eigenvalue weighted by atomic mass is 9.61. The first kappa shape index (κ1) is 44.7. The number of hydrogen-bond acceptors (Lipinski definition) is 5. The molecule has 12 aliphatic rings. The molecule has 9 saturated carbocycles. The van der Waals surface area contributed by atoms with Crippen molar-refractivity contribution in [2.24, 2.45) is 71.0 Å². The molecule has 0 bridgehead atoms. The zero-order chi connectivity index (χ0) is 42.6. The number of fused-ring (bicyclic) bond motifs is 6. The van der Waals surface area contributed by atoms with Gasteiger partial charge in [-0.3, -0.25) is 14.6 Å². The first-order valence-corrected chi connectivity index (χ1v) is 30.2. The summed E-state index contributed by atoms with van der Waals surface area (Å²) in [6, 6.07) is 6.85. The Kier molecular flexibility index (Phi) is 14.0. The van der Waals surface area contributed by atoms with Crippen molar-refractivity contribution in [3.63, 3.8) is 0 Å². The Labute approximate surface area is 393 Å². The van der Waals surface area contributed by atoms with E-state index in [4.69, 9.17) is 0 Å². The van der Waals surface area contributed by atoms with E-state index in [2.05, 4.69) is 20.4 Å². The summed E-state index contributed by atoms with van der Waals surface area (Å²) in [7, 11) is 0. The van der Waals surface area contributed by atoms with Crippen molar-refractivity contribution < 1.29 is 4.79 Å². The smallest absolute Gasteiger partial charge is 0.139 e. The van der Waals surface area contributed by atoms with E-state index in [1.165, 1.54) is 199 Å². The van der Waals surface area contributed by atoms with Gasteiger partial charge in [0, 0.05) is 73.3 Å². The fraction of sp³-hybridized carbons (Fsp3) is 0.983. The van der Waals surface area contributed by atoms with Gasteiger partial charge in [-0.25, -0.2) is 0 Å². The molecule has 360 valence electrons. The summed E-state index contributed by atoms with van der Waals surface area (Å²) in [4.78, 5) is 20.7. The molecule has 2 N–H and O–H groups in total. The van der Waals surface area contributed by atoms with Gasteiger partial charge < -0.3 is 10.6 Å². The second kappa shape index (κ2) is 20.1. The van der Waals surface area contributed by atoms with Crippen LogP contribution >= 0.6 is 0 Å². The van der Waals surface area contributed by atoms with Crippen molar-refractivity contribution in [2.45, 2.75) is 279 Å². The van der Waals surface area contributed by atoms with Crippen LogP contribution < -0.4 is 10.6 Å². The van der Waals surface area contributed by atoms with E-state index in [1.807, 2.05) is 0 Å². The minimum atomic E-state index is 0.369. The molecule has 3 aliphatic heterocycles. The lowest BCUT2D eigenvalue weighted by Crippen LogP contribution is -2.59. The summed E-state index contributed by atoms with van der Waals surface area (Å²) in [5, 5.41) is 8.00. The number of ketones is 1. The molecule has 0 radical (unpaired) electrons. The largest absolute Gasteiger partial charge is 0.311 e. The van der Waals surface area contributed by atoms with Crippen LogP contribution in [0.3, 0.4) is 0 Å². The summed E-state index contributed by atoms with van der Waals surface area (Å²) in [6.07, 6.45) is 52.4. The van der Waals surface area contributed by atoms with Crippen molar-refractivity contribution in [1.82, 2.24) is 20.4 Å². The van der Waals surface area contributed by atoms with Crippen LogP contribution in [0, 0.1) is 71.0 Å². The highest BCUT2D eigenvalue weighted by atomic mass is 16.1. The molecule has 0 aromatic heterocycles. The third kappa shape index (κ3) is 8.85. The number of carbonyl (C=O) groups excluding carboxylic acids is 1. The van der Waals surface area contributed by atoms with Gasteiger partial charge in [-0.15, -0.1) is 0 Å². The molecule has 12 fully saturated rings. The number of hydrogen-bond donors (Lipinski definition) is 2. The molecule has 5 nitrogen and oxygen atoms in total. The average Bonchev–Trinajstić information content (AvgIpc) is 3.88. The number of likely N-dealkylation sites (tertiary alicyclic amines) is 2. The lowest BCUT2D eigenvalue weighted by molar-refractivity contribution is -0.129. The zero-order valence-corrected chi connectivity index (χ0v) is 41.2. The summed E-state index contributed by atoms with van der Waals surface area (Å²) in [5.41, 5.74) is 0. The SMILES string of the molecule is O=C(C1CCC(C2CCC(C3CCC4C(C3)C3CC5C6CCCCC6N(C6CCCCC6)C5CC3N4C3CCCCC3)CC2)CC1)C1CCC(C2CNC(C3CCCCC3)CN2)CC1. The molecule has 5 heteroatoms. The van der Waals surface area contributed by atoms with Gasteiger partial charge in [0.05, 0.1) is 0 Å². The molecule has 9 aliphatic carbocycles. The van der Waals surface area contributed by atoms with Gasteiger partial charge in [0.2, 0.25) is 0 Å². The van der Waals surface area contributed by atoms with Crippen LogP contribution in [0.2, 0.25) is 0 Å². The first-order chi connectivity index (χ1) is 31.6. The van der Waals surface area contributed by atoms with E-state index in [0.717, 1.165) is 102 Å². The number of nitrogens with one attached hydrogen (secondary N) is 2. The standard InChI is InChI=1S/C59H98N4O/c64-59(45-30-26-43(27-31-45)54-38-60-53(37-61-54)42-12-4-1-5-13-42)44-28-24-40(25-29-44)39-20-22-41(23-21-39)46-32-33-56-50(34-46)52-35-51-49-18-10-11-19-55(49)62(47-14-6-2-7-15-47)57(51)36-58(52)63(56)48-16-8-3-9-17-48/h39-58,60-61H,1-38H2. The van der Waals surface area contributed by atoms with Gasteiger partial charge in [-0.1, -0.05) is 70.6 Å². The molecule has 3 heterocycles. The minimum absolute atomic E-state index is 0.369. The van der Waals surface area contributed by atoms with Crippen molar-refractivity contribution in [3.8, 4) is 0 Å². The van der Waals surface area contributed by atoms with Crippen LogP contribution in [0.4, 0.5) is 0 Å². The van der Waals surface area contributed by atoms with E-state index < -0.39 is 0 Å². The monoisotopic (exact) mass is 879 g/mol. The molecule has 11 atom stereocenters. The number of rotatable bonds is 8. The van der Waals surface area contributed by atoms with Crippen LogP contribution in [-0.4, -0.2) is 77.0 Å². The van der Waals surface area contributed by atoms with Gasteiger partial charge in [0.15, 0.2) is 0 Å². The quantitative estimate of drug-likeness (QED) is 0.254. The summed E-state index contributed by atoms with van der Waals surface area (Å²) in [5.74, 6) is 11.1. The zero-order valence-electron chi connectivity index (χ0n) is 41.2. The van der Waals surface area contributed by atoms with E-state index in [9.17, 15) is 4.79 Å². The highest BCUT2D eigenvalue weighted by Gasteiger charge is 2.61. The number of piperazine rings is 1. The van der Waals surface area contributed by atoms with E-state index in [0.29, 0.717) is 29.7 Å². The highest BCUT2D eigenvalue weighted by Crippen LogP contribution is 2.60. The van der Waals surface area contributed by atoms with Gasteiger partial charge in [0.25, 0.3) is 0 Å². The molecule has 0 spiro atoms. The molecule has 11 unspecified atom stereocenters. The Morgan fingerprint density at radius 3 is 1.28 bits per heavy atom. The number of carbonyl (C=O) groups is 1. The van der Waals surface area contributed by atoms with Gasteiger partial charge in [0.1, 0.15) is 5.78 Å². The Bertz CT molecular complexity index is 1500. The van der Waals surface area contributed by atoms with Crippen molar-refractivity contribution >= 4 is 5.78 Å². The topological polar surface area (TPSA) is 47.6 Å². The normalized spacial score (nSPS) is 48.2. The molecule has 64 heavy (non-hydrogen) atoms. The Morgan fingerprint density at radius 2 is 0.719 bits per heavy atom. The maximum atomic E-state index is 14.0. The fourth-order valence-electron chi connectivity index (χ4n) is 20.7. The molecular weight excluding hydrogens is 781 g/mol. The van der Waals surface area contributed by atoms with Crippen molar-refractivity contribution in [1.29, 1.82) is 0 Å². The van der Waals surface area contributed by atoms with Crippen molar-refractivity contribution in [2.75, 3.05) is 13.1 Å². The Hall–Kier alpha value is -0.490. The Balaban J connectivity index is 0.625. The molecule has 0 amide bonds. The Morgan fingerprint density at radius 1 is 0.312 bits per heavy atom. The lowest BCUT2D eigenvalue weighted by Gasteiger charge is -2.47. The van der Waals surface area contributed by atoms with Crippen LogP contribution in [0.15, 0.2) is 0 Å². The molecule has 0 aromatic rings. The van der Waals surface area contributed by atoms with Gasteiger partial charge in [-0.05, 0) is 220 Å². The average molecular weight is 879 g/mol. The molecule has 3 saturated heterocycles. The summed E-state index contributed by atoms with van der Waals surface area (Å²) >= 11 is 0. The van der Waals surface area contributed by atoms with Crippen LogP contribution in [0.25, 0.3) is 0 Å². The van der Waals surface area contributed by atoms with Gasteiger partial charge in [-0.2, -0.15) is 0 Å². The fourth-order valence-corrected chi connectivity index (χ4v) is 20.7. The third-order valence-corrected chi connectivity index (χ3v) is 23.8. The first-order valence-electron chi connectivity index (χ1n) is 30.2. The van der Waals surface area contributed by atoms with Crippen LogP contribution in [0.5, 0.6) is 0 Å². The van der Waals surface area contributed by atoms with E-state index >= 15 is 0 Å². The molecular formula is C59H98N4O. The van der Waals surface area contributed by atoms with E-state index in [1.54, 1.807) is 38.5 Å². The predicted octanol–water partition coefficient (Wildman–Crippen LogP) is 12.9. The molecule has 0 aromatic carbocycles. The summed E-state index contributed by atoms with van der Waals surface area (Å²) in [6.45, 7) is 2.32. The van der Waals surface area contributed by atoms with Crippen LogP contribution in [0.1, 0.15) is 231 Å². The van der Waals surface area contributed by atoms with E-state index in [-0.39, 0.29) is 0 Å². The minimum Gasteiger partial charge on any atom is -0.311 e. The predicted molar refractivity (Wildman–Crippen MR) is 263 cm³/mol. The van der Waals surface area contributed by atoms with Crippen molar-refractivity contribution in [3.05, 3.63) is 0 Å².